The molecule has 5 nitrogen and oxygen atoms in total. The first-order valence-corrected chi connectivity index (χ1v) is 7.55. The van der Waals surface area contributed by atoms with Gasteiger partial charge in [-0.1, -0.05) is 0 Å². The first-order chi connectivity index (χ1) is 10.3. The summed E-state index contributed by atoms with van der Waals surface area (Å²) >= 11 is 0. The molecule has 1 fully saturated rings. The van der Waals surface area contributed by atoms with Crippen LogP contribution < -0.4 is 10.2 Å². The lowest BCUT2D eigenvalue weighted by Crippen LogP contribution is -2.30. The van der Waals surface area contributed by atoms with E-state index >= 15 is 0 Å². The largest absolute Gasteiger partial charge is 0.378 e. The number of piperidine rings is 1. The number of hydrogen-bond acceptors (Lipinski definition) is 5. The van der Waals surface area contributed by atoms with Crippen LogP contribution in [-0.4, -0.2) is 28.0 Å². The lowest BCUT2D eigenvalue weighted by atomic mass is 10.1. The Hall–Kier alpha value is -2.17. The van der Waals surface area contributed by atoms with Crippen LogP contribution in [0.1, 0.15) is 30.8 Å². The fourth-order valence-electron chi connectivity index (χ4n) is 2.60. The Bertz CT molecular complexity index is 575. The molecule has 0 aromatic carbocycles. The van der Waals surface area contributed by atoms with Crippen LogP contribution in [0.5, 0.6) is 0 Å². The molecule has 110 valence electrons. The van der Waals surface area contributed by atoms with Gasteiger partial charge in [0, 0.05) is 19.3 Å². The number of hydrogen-bond donors (Lipinski definition) is 1. The fourth-order valence-corrected chi connectivity index (χ4v) is 2.60. The maximum absolute atomic E-state index is 4.56. The average Bonchev–Trinajstić information content (AvgIpc) is 2.54. The fraction of sp³-hybridized carbons (Fsp3) is 0.438. The third kappa shape index (κ3) is 3.68. The number of aromatic nitrogens is 3. The Balaban J connectivity index is 1.59. The highest BCUT2D eigenvalue weighted by atomic mass is 15.2. The first kappa shape index (κ1) is 13.8. The molecule has 2 aromatic heterocycles. The molecule has 0 unspecified atom stereocenters. The predicted octanol–water partition coefficient (Wildman–Crippen LogP) is 2.78. The summed E-state index contributed by atoms with van der Waals surface area (Å²) in [6, 6.07) is 6.11. The van der Waals surface area contributed by atoms with Crippen LogP contribution in [0, 0.1) is 6.92 Å². The van der Waals surface area contributed by atoms with E-state index in [1.165, 1.54) is 19.3 Å². The molecule has 1 N–H and O–H groups in total. The van der Waals surface area contributed by atoms with E-state index in [0.717, 1.165) is 36.1 Å². The Morgan fingerprint density at radius 2 is 1.95 bits per heavy atom. The maximum atomic E-state index is 4.56. The van der Waals surface area contributed by atoms with E-state index in [4.69, 9.17) is 0 Å². The maximum Gasteiger partial charge on any atom is 0.128 e. The number of pyridine rings is 1. The van der Waals surface area contributed by atoms with Crippen LogP contribution in [0.25, 0.3) is 0 Å². The average molecular weight is 283 g/mol. The van der Waals surface area contributed by atoms with Crippen LogP contribution in [0.4, 0.5) is 11.5 Å². The minimum atomic E-state index is 0.689. The second-order valence-electron chi connectivity index (χ2n) is 5.40. The second kappa shape index (κ2) is 6.52. The Morgan fingerprint density at radius 1 is 1.10 bits per heavy atom. The van der Waals surface area contributed by atoms with Gasteiger partial charge >= 0.3 is 0 Å². The van der Waals surface area contributed by atoms with Gasteiger partial charge in [0.2, 0.25) is 0 Å². The van der Waals surface area contributed by atoms with Gasteiger partial charge in [-0.05, 0) is 44.4 Å². The summed E-state index contributed by atoms with van der Waals surface area (Å²) in [5.74, 6) is 1.88. The van der Waals surface area contributed by atoms with Crippen molar-refractivity contribution < 1.29 is 0 Å². The number of nitrogens with zero attached hydrogens (tertiary/aromatic N) is 4. The molecule has 21 heavy (non-hydrogen) atoms. The number of aryl methyl sites for hydroxylation is 1. The molecule has 2 aromatic rings. The van der Waals surface area contributed by atoms with Crippen LogP contribution in [0.15, 0.2) is 30.6 Å². The van der Waals surface area contributed by atoms with Gasteiger partial charge < -0.3 is 10.2 Å². The summed E-state index contributed by atoms with van der Waals surface area (Å²) in [4.78, 5) is 15.4. The Morgan fingerprint density at radius 3 is 2.67 bits per heavy atom. The topological polar surface area (TPSA) is 53.9 Å². The first-order valence-electron chi connectivity index (χ1n) is 7.55. The predicted molar refractivity (Wildman–Crippen MR) is 84.4 cm³/mol. The molecule has 0 aliphatic carbocycles. The molecule has 3 rings (SSSR count). The minimum absolute atomic E-state index is 0.689. The zero-order chi connectivity index (χ0) is 14.5. The molecule has 0 bridgehead atoms. The van der Waals surface area contributed by atoms with Gasteiger partial charge in [0.15, 0.2) is 0 Å². The quantitative estimate of drug-likeness (QED) is 0.935. The molecule has 1 aliphatic rings. The third-order valence-electron chi connectivity index (χ3n) is 3.74. The van der Waals surface area contributed by atoms with Crippen molar-refractivity contribution in [1.82, 2.24) is 15.0 Å². The van der Waals surface area contributed by atoms with Crippen molar-refractivity contribution >= 4 is 11.5 Å². The monoisotopic (exact) mass is 283 g/mol. The molecule has 1 aliphatic heterocycles. The standard InChI is InChI=1S/C16H21N5/c1-13-17-8-7-15(20-13)12-18-14-5-6-16(19-11-14)21-9-3-2-4-10-21/h5-8,11,18H,2-4,9-10,12H2,1H3. The van der Waals surface area contributed by atoms with Crippen molar-refractivity contribution in [1.29, 1.82) is 0 Å². The van der Waals surface area contributed by atoms with Gasteiger partial charge in [-0.2, -0.15) is 0 Å². The van der Waals surface area contributed by atoms with E-state index in [2.05, 4.69) is 37.3 Å². The van der Waals surface area contributed by atoms with E-state index in [9.17, 15) is 0 Å². The summed E-state index contributed by atoms with van der Waals surface area (Å²) in [5.41, 5.74) is 2.01. The molecule has 0 radical (unpaired) electrons. The molecular weight excluding hydrogens is 262 g/mol. The second-order valence-corrected chi connectivity index (χ2v) is 5.40. The van der Waals surface area contributed by atoms with Gasteiger partial charge in [0.25, 0.3) is 0 Å². The normalized spacial score (nSPS) is 15.0. The summed E-state index contributed by atoms with van der Waals surface area (Å²) in [6.07, 6.45) is 7.58. The van der Waals surface area contributed by atoms with Gasteiger partial charge in [0.1, 0.15) is 11.6 Å². The summed E-state index contributed by atoms with van der Waals surface area (Å²) in [7, 11) is 0. The van der Waals surface area contributed by atoms with Crippen molar-refractivity contribution in [2.75, 3.05) is 23.3 Å². The number of rotatable bonds is 4. The minimum Gasteiger partial charge on any atom is -0.378 e. The molecule has 0 saturated carbocycles. The van der Waals surface area contributed by atoms with Crippen LogP contribution >= 0.6 is 0 Å². The Kier molecular flexibility index (Phi) is 4.28. The molecule has 5 heteroatoms. The van der Waals surface area contributed by atoms with Gasteiger partial charge in [-0.3, -0.25) is 0 Å². The van der Waals surface area contributed by atoms with E-state index in [0.29, 0.717) is 6.54 Å². The highest BCUT2D eigenvalue weighted by molar-refractivity contribution is 5.48. The van der Waals surface area contributed by atoms with Crippen LogP contribution in [0.3, 0.4) is 0 Å². The van der Waals surface area contributed by atoms with Crippen molar-refractivity contribution in [2.45, 2.75) is 32.7 Å². The van der Waals surface area contributed by atoms with Crippen molar-refractivity contribution in [3.05, 3.63) is 42.1 Å². The summed E-state index contributed by atoms with van der Waals surface area (Å²) in [5, 5.41) is 3.35. The third-order valence-corrected chi connectivity index (χ3v) is 3.74. The Labute approximate surface area is 125 Å². The van der Waals surface area contributed by atoms with Crippen molar-refractivity contribution in [3.63, 3.8) is 0 Å². The highest BCUT2D eigenvalue weighted by Gasteiger charge is 2.11. The molecule has 0 spiro atoms. The van der Waals surface area contributed by atoms with Gasteiger partial charge in [-0.15, -0.1) is 0 Å². The van der Waals surface area contributed by atoms with E-state index in [1.54, 1.807) is 6.20 Å². The zero-order valence-corrected chi connectivity index (χ0v) is 12.4. The van der Waals surface area contributed by atoms with Crippen LogP contribution in [0.2, 0.25) is 0 Å². The lowest BCUT2D eigenvalue weighted by molar-refractivity contribution is 0.573. The highest BCUT2D eigenvalue weighted by Crippen LogP contribution is 2.19. The summed E-state index contributed by atoms with van der Waals surface area (Å²) < 4.78 is 0. The van der Waals surface area contributed by atoms with Crippen molar-refractivity contribution in [3.8, 4) is 0 Å². The number of nitrogens with one attached hydrogen (secondary N) is 1. The van der Waals surface area contributed by atoms with Crippen molar-refractivity contribution in [2.24, 2.45) is 0 Å². The SMILES string of the molecule is Cc1nccc(CNc2ccc(N3CCCCC3)nc2)n1. The van der Waals surface area contributed by atoms with Crippen LogP contribution in [-0.2, 0) is 6.54 Å². The van der Waals surface area contributed by atoms with E-state index in [-0.39, 0.29) is 0 Å². The van der Waals surface area contributed by atoms with E-state index < -0.39 is 0 Å². The zero-order valence-electron chi connectivity index (χ0n) is 12.4. The smallest absolute Gasteiger partial charge is 0.128 e. The van der Waals surface area contributed by atoms with Gasteiger partial charge in [0.05, 0.1) is 24.1 Å². The van der Waals surface area contributed by atoms with Gasteiger partial charge in [-0.25, -0.2) is 15.0 Å². The number of anilines is 2. The molecular formula is C16H21N5. The lowest BCUT2D eigenvalue weighted by Gasteiger charge is -2.27. The molecule has 0 atom stereocenters. The summed E-state index contributed by atoms with van der Waals surface area (Å²) in [6.45, 7) is 4.84. The molecule has 0 amide bonds. The molecule has 3 heterocycles. The molecule has 1 saturated heterocycles. The van der Waals surface area contributed by atoms with E-state index in [1.807, 2.05) is 19.2 Å².